The molecule has 0 fully saturated rings. The average Bonchev–Trinajstić information content (AvgIpc) is 1.61. The SMILES string of the molecule is NC(N)=NCC(=O)O.O.[H-].[Na+]. The van der Waals surface area contributed by atoms with Crippen molar-refractivity contribution in [3.8, 4) is 0 Å². The summed E-state index contributed by atoms with van der Waals surface area (Å²) in [4.78, 5) is 12.9. The molecule has 56 valence electrons. The van der Waals surface area contributed by atoms with Crippen LogP contribution in [0.5, 0.6) is 0 Å². The molecule has 0 aromatic carbocycles. The Kier molecular flexibility index (Phi) is 14.2. The Bertz CT molecular complexity index is 127. The van der Waals surface area contributed by atoms with Crippen molar-refractivity contribution >= 4 is 11.9 Å². The number of carboxylic acid groups (broad SMARTS) is 1. The topological polar surface area (TPSA) is 133 Å². The number of aliphatic carboxylic acids is 1. The summed E-state index contributed by atoms with van der Waals surface area (Å²) < 4.78 is 0. The van der Waals surface area contributed by atoms with Crippen LogP contribution < -0.4 is 41.0 Å². The van der Waals surface area contributed by atoms with E-state index in [-0.39, 0.29) is 49.0 Å². The molecule has 10 heavy (non-hydrogen) atoms. The first-order valence-corrected chi connectivity index (χ1v) is 1.90. The molecule has 6 nitrogen and oxygen atoms in total. The predicted octanol–water partition coefficient (Wildman–Crippen LogP) is -5.36. The maximum atomic E-state index is 9.69. The molecule has 0 aliphatic rings. The van der Waals surface area contributed by atoms with Crippen molar-refractivity contribution in [3.63, 3.8) is 0 Å². The first-order valence-electron chi connectivity index (χ1n) is 1.90. The van der Waals surface area contributed by atoms with Crippen molar-refractivity contribution in [2.45, 2.75) is 0 Å². The fraction of sp³-hybridized carbons (Fsp3) is 0.333. The third kappa shape index (κ3) is 15.6. The van der Waals surface area contributed by atoms with Gasteiger partial charge in [-0.15, -0.1) is 0 Å². The Morgan fingerprint density at radius 2 is 2.00 bits per heavy atom. The number of nitrogens with zero attached hydrogens (tertiary/aromatic N) is 1. The van der Waals surface area contributed by atoms with Crippen LogP contribution in [0.15, 0.2) is 4.99 Å². The van der Waals surface area contributed by atoms with Crippen molar-refractivity contribution in [1.82, 2.24) is 0 Å². The molecule has 0 saturated heterocycles. The average molecular weight is 159 g/mol. The summed E-state index contributed by atoms with van der Waals surface area (Å²) >= 11 is 0. The number of nitrogens with two attached hydrogens (primary N) is 2. The number of aliphatic imine (C=N–C) groups is 1. The zero-order valence-corrected chi connectivity index (χ0v) is 7.66. The molecule has 0 aromatic heterocycles. The van der Waals surface area contributed by atoms with E-state index in [0.717, 1.165) is 0 Å². The second kappa shape index (κ2) is 8.70. The maximum absolute atomic E-state index is 9.69. The van der Waals surface area contributed by atoms with Crippen LogP contribution in [-0.2, 0) is 4.79 Å². The number of hydrogen-bond donors (Lipinski definition) is 3. The van der Waals surface area contributed by atoms with Gasteiger partial charge in [0, 0.05) is 0 Å². The summed E-state index contributed by atoms with van der Waals surface area (Å²) in [5.74, 6) is -1.24. The van der Waals surface area contributed by atoms with Crippen LogP contribution in [0.1, 0.15) is 1.43 Å². The van der Waals surface area contributed by atoms with Crippen LogP contribution in [0.25, 0.3) is 0 Å². The van der Waals surface area contributed by atoms with E-state index >= 15 is 0 Å². The Labute approximate surface area is 81.4 Å². The summed E-state index contributed by atoms with van der Waals surface area (Å²) in [6.45, 7) is -0.359. The summed E-state index contributed by atoms with van der Waals surface area (Å²) in [6.07, 6.45) is 0. The second-order valence-electron chi connectivity index (χ2n) is 1.13. The van der Waals surface area contributed by atoms with Gasteiger partial charge in [0.25, 0.3) is 0 Å². The Balaban J connectivity index is -0.0000000817. The fourth-order valence-corrected chi connectivity index (χ4v) is 0.159. The van der Waals surface area contributed by atoms with Crippen molar-refractivity contribution in [3.05, 3.63) is 0 Å². The third-order valence-electron chi connectivity index (χ3n) is 0.397. The molecule has 0 rings (SSSR count). The minimum atomic E-state index is -1.04. The monoisotopic (exact) mass is 159 g/mol. The van der Waals surface area contributed by atoms with E-state index in [0.29, 0.717) is 0 Å². The van der Waals surface area contributed by atoms with Gasteiger partial charge in [-0.2, -0.15) is 0 Å². The minimum Gasteiger partial charge on any atom is -1.00 e. The summed E-state index contributed by atoms with van der Waals surface area (Å²) in [7, 11) is 0. The number of rotatable bonds is 2. The first kappa shape index (κ1) is 16.4. The van der Waals surface area contributed by atoms with Gasteiger partial charge in [-0.25, -0.2) is 4.99 Å². The molecule has 0 spiro atoms. The van der Waals surface area contributed by atoms with Crippen LogP contribution in [0.2, 0.25) is 0 Å². The van der Waals surface area contributed by atoms with E-state index in [1.165, 1.54) is 0 Å². The van der Waals surface area contributed by atoms with E-state index < -0.39 is 5.97 Å². The molecule has 0 aliphatic carbocycles. The van der Waals surface area contributed by atoms with E-state index in [9.17, 15) is 4.79 Å². The standard InChI is InChI=1S/C3H7N3O2.Na.H2O.H/c4-3(5)6-1-2(7)8;;;/h1H2,(H,7,8)(H4,4,5,6);;1H2;/q;+1;;-1. The fourth-order valence-electron chi connectivity index (χ4n) is 0.159. The minimum absolute atomic E-state index is 0. The largest absolute Gasteiger partial charge is 1.00 e. The number of hydrogen-bond acceptors (Lipinski definition) is 2. The Morgan fingerprint density at radius 1 is 1.60 bits per heavy atom. The van der Waals surface area contributed by atoms with Crippen LogP contribution in [0.3, 0.4) is 0 Å². The molecule has 7 heteroatoms. The first-order chi connectivity index (χ1) is 3.63. The van der Waals surface area contributed by atoms with Gasteiger partial charge < -0.3 is 23.5 Å². The molecular formula is C3H10N3NaO3. The quantitative estimate of drug-likeness (QED) is 0.210. The second-order valence-corrected chi connectivity index (χ2v) is 1.13. The van der Waals surface area contributed by atoms with Gasteiger partial charge in [-0.1, -0.05) is 0 Å². The van der Waals surface area contributed by atoms with E-state index in [1.807, 2.05) is 0 Å². The molecule has 0 amide bonds. The third-order valence-corrected chi connectivity index (χ3v) is 0.397. The molecule has 0 unspecified atom stereocenters. The van der Waals surface area contributed by atoms with Crippen LogP contribution in [-0.4, -0.2) is 29.1 Å². The van der Waals surface area contributed by atoms with E-state index in [2.05, 4.69) is 4.99 Å². The van der Waals surface area contributed by atoms with Gasteiger partial charge in [0.15, 0.2) is 5.96 Å². The summed E-state index contributed by atoms with van der Waals surface area (Å²) in [5, 5.41) is 7.94. The number of guanidine groups is 1. The molecule has 7 N–H and O–H groups in total. The van der Waals surface area contributed by atoms with E-state index in [4.69, 9.17) is 16.6 Å². The van der Waals surface area contributed by atoms with Gasteiger partial charge in [-0.05, 0) is 0 Å². The Hall–Kier alpha value is -0.300. The predicted molar refractivity (Wildman–Crippen MR) is 33.0 cm³/mol. The van der Waals surface area contributed by atoms with Gasteiger partial charge in [0.2, 0.25) is 0 Å². The van der Waals surface area contributed by atoms with Crippen molar-refractivity contribution in [2.24, 2.45) is 16.5 Å². The number of carboxylic acids is 1. The molecule has 0 heterocycles. The van der Waals surface area contributed by atoms with Crippen LogP contribution >= 0.6 is 0 Å². The smallest absolute Gasteiger partial charge is 1.00 e. The van der Waals surface area contributed by atoms with Crippen LogP contribution in [0.4, 0.5) is 0 Å². The molecule has 0 radical (unpaired) electrons. The molecule has 0 aliphatic heterocycles. The molecule has 0 bridgehead atoms. The summed E-state index contributed by atoms with van der Waals surface area (Å²) in [5.41, 5.74) is 9.61. The van der Waals surface area contributed by atoms with Crippen molar-refractivity contribution in [2.75, 3.05) is 6.54 Å². The molecule has 0 atom stereocenters. The zero-order chi connectivity index (χ0) is 6.57. The Morgan fingerprint density at radius 3 is 2.10 bits per heavy atom. The zero-order valence-electron chi connectivity index (χ0n) is 6.66. The van der Waals surface area contributed by atoms with Gasteiger partial charge >= 0.3 is 35.5 Å². The molecular weight excluding hydrogens is 149 g/mol. The van der Waals surface area contributed by atoms with Gasteiger partial charge in [0.05, 0.1) is 0 Å². The normalized spacial score (nSPS) is 6.40. The van der Waals surface area contributed by atoms with Crippen molar-refractivity contribution in [1.29, 1.82) is 0 Å². The van der Waals surface area contributed by atoms with E-state index in [1.54, 1.807) is 0 Å². The van der Waals surface area contributed by atoms with Crippen molar-refractivity contribution < 1.29 is 46.4 Å². The molecule has 0 saturated carbocycles. The number of carbonyl (C=O) groups is 1. The maximum Gasteiger partial charge on any atom is 1.00 e. The van der Waals surface area contributed by atoms with Gasteiger partial charge in [0.1, 0.15) is 6.54 Å². The van der Waals surface area contributed by atoms with Gasteiger partial charge in [-0.3, -0.25) is 4.79 Å². The summed E-state index contributed by atoms with van der Waals surface area (Å²) in [6, 6.07) is 0. The molecule has 0 aromatic rings. The van der Waals surface area contributed by atoms with Crippen LogP contribution in [0, 0.1) is 0 Å².